The molecule has 8 heteroatoms. The summed E-state index contributed by atoms with van der Waals surface area (Å²) in [5, 5.41) is 7.74. The van der Waals surface area contributed by atoms with E-state index in [0.717, 1.165) is 18.4 Å². The minimum absolute atomic E-state index is 0. The van der Waals surface area contributed by atoms with Crippen LogP contribution in [0.1, 0.15) is 18.4 Å². The Hall–Kier alpha value is -1.86. The van der Waals surface area contributed by atoms with Gasteiger partial charge in [-0.2, -0.15) is 0 Å². The summed E-state index contributed by atoms with van der Waals surface area (Å²) in [5.74, 6) is -0.0745. The fourth-order valence-electron chi connectivity index (χ4n) is 1.99. The highest BCUT2D eigenvalue weighted by Crippen LogP contribution is 2.31. The van der Waals surface area contributed by atoms with Gasteiger partial charge in [-0.15, -0.1) is 12.4 Å². The molecule has 0 radical (unpaired) electrons. The standard InChI is InChI=1S/C15H21FN4O2.ClH/c16-12-5-1-10(2-6-12)7-19-15(22)20-9-14(21)18-8-13(17)11-3-4-11;/h1-2,5-6,11,13H,3-4,7-9,17H2,(H,18,21)(H2,19,20,22);1H. The molecule has 128 valence electrons. The van der Waals surface area contributed by atoms with E-state index in [1.54, 1.807) is 12.1 Å². The van der Waals surface area contributed by atoms with Crippen molar-refractivity contribution in [3.8, 4) is 0 Å². The minimum Gasteiger partial charge on any atom is -0.353 e. The van der Waals surface area contributed by atoms with Crippen LogP contribution >= 0.6 is 12.4 Å². The van der Waals surface area contributed by atoms with E-state index in [-0.39, 0.29) is 43.3 Å². The lowest BCUT2D eigenvalue weighted by Crippen LogP contribution is -2.45. The van der Waals surface area contributed by atoms with Crippen molar-refractivity contribution >= 4 is 24.3 Å². The van der Waals surface area contributed by atoms with Gasteiger partial charge in [-0.3, -0.25) is 4.79 Å². The molecule has 0 saturated heterocycles. The summed E-state index contributed by atoms with van der Waals surface area (Å²) in [6, 6.07) is 5.36. The van der Waals surface area contributed by atoms with Gasteiger partial charge in [0.05, 0.1) is 6.54 Å². The molecule has 5 N–H and O–H groups in total. The van der Waals surface area contributed by atoms with Crippen LogP contribution in [0.2, 0.25) is 0 Å². The number of hydrogen-bond acceptors (Lipinski definition) is 3. The van der Waals surface area contributed by atoms with E-state index in [0.29, 0.717) is 12.5 Å². The molecule has 3 amide bonds. The number of benzene rings is 1. The molecule has 0 aromatic heterocycles. The molecular weight excluding hydrogens is 323 g/mol. The largest absolute Gasteiger partial charge is 0.353 e. The highest BCUT2D eigenvalue weighted by atomic mass is 35.5. The number of nitrogens with two attached hydrogens (primary N) is 1. The number of carbonyl (C=O) groups excluding carboxylic acids is 2. The fourth-order valence-corrected chi connectivity index (χ4v) is 1.99. The molecule has 1 aliphatic carbocycles. The Bertz CT molecular complexity index is 523. The first-order valence-electron chi connectivity index (χ1n) is 7.33. The molecule has 1 aromatic rings. The lowest BCUT2D eigenvalue weighted by molar-refractivity contribution is -0.120. The van der Waals surface area contributed by atoms with E-state index in [1.807, 2.05) is 0 Å². The number of hydrogen-bond donors (Lipinski definition) is 4. The van der Waals surface area contributed by atoms with Crippen LogP contribution in [0.5, 0.6) is 0 Å². The second kappa shape index (κ2) is 9.32. The third-order valence-corrected chi connectivity index (χ3v) is 3.54. The molecule has 0 spiro atoms. The molecule has 2 rings (SSSR count). The highest BCUT2D eigenvalue weighted by Gasteiger charge is 2.28. The van der Waals surface area contributed by atoms with Crippen LogP contribution in [-0.4, -0.2) is 31.1 Å². The minimum atomic E-state index is -0.453. The van der Waals surface area contributed by atoms with Crippen LogP contribution in [0.4, 0.5) is 9.18 Å². The van der Waals surface area contributed by atoms with Crippen molar-refractivity contribution in [3.63, 3.8) is 0 Å². The molecule has 1 atom stereocenters. The number of carbonyl (C=O) groups is 2. The molecular formula is C15H22ClFN4O2. The summed E-state index contributed by atoms with van der Waals surface area (Å²) in [5.41, 5.74) is 6.64. The average Bonchev–Trinajstić information content (AvgIpc) is 3.35. The topological polar surface area (TPSA) is 96.2 Å². The molecule has 23 heavy (non-hydrogen) atoms. The maximum Gasteiger partial charge on any atom is 0.315 e. The van der Waals surface area contributed by atoms with Crippen molar-refractivity contribution in [1.29, 1.82) is 0 Å². The smallest absolute Gasteiger partial charge is 0.315 e. The van der Waals surface area contributed by atoms with Crippen LogP contribution in [0.3, 0.4) is 0 Å². The fraction of sp³-hybridized carbons (Fsp3) is 0.467. The molecule has 1 saturated carbocycles. The zero-order valence-electron chi connectivity index (χ0n) is 12.7. The predicted octanol–water partition coefficient (Wildman–Crippen LogP) is 0.900. The summed E-state index contributed by atoms with van der Waals surface area (Å²) in [7, 11) is 0. The van der Waals surface area contributed by atoms with Gasteiger partial charge in [-0.1, -0.05) is 12.1 Å². The van der Waals surface area contributed by atoms with Crippen LogP contribution in [-0.2, 0) is 11.3 Å². The Kier molecular flexibility index (Phi) is 7.77. The number of nitrogens with one attached hydrogen (secondary N) is 3. The third-order valence-electron chi connectivity index (χ3n) is 3.54. The van der Waals surface area contributed by atoms with E-state index in [1.165, 1.54) is 12.1 Å². The van der Waals surface area contributed by atoms with Crippen LogP contribution in [0.15, 0.2) is 24.3 Å². The molecule has 0 aliphatic heterocycles. The quantitative estimate of drug-likeness (QED) is 0.591. The molecule has 0 heterocycles. The van der Waals surface area contributed by atoms with Gasteiger partial charge in [0.15, 0.2) is 0 Å². The van der Waals surface area contributed by atoms with Gasteiger partial charge >= 0.3 is 6.03 Å². The summed E-state index contributed by atoms with van der Waals surface area (Å²) in [6.07, 6.45) is 2.25. The SMILES string of the molecule is Cl.NC(CNC(=O)CNC(=O)NCc1ccc(F)cc1)C1CC1. The van der Waals surface area contributed by atoms with Gasteiger partial charge in [-0.25, -0.2) is 9.18 Å². The van der Waals surface area contributed by atoms with Gasteiger partial charge in [0, 0.05) is 19.1 Å². The van der Waals surface area contributed by atoms with E-state index in [4.69, 9.17) is 5.73 Å². The molecule has 1 fully saturated rings. The summed E-state index contributed by atoms with van der Waals surface area (Å²) >= 11 is 0. The van der Waals surface area contributed by atoms with Crippen molar-refractivity contribution in [2.45, 2.75) is 25.4 Å². The number of rotatable bonds is 7. The van der Waals surface area contributed by atoms with E-state index in [2.05, 4.69) is 16.0 Å². The van der Waals surface area contributed by atoms with Gasteiger partial charge in [0.25, 0.3) is 0 Å². The maximum atomic E-state index is 12.7. The third kappa shape index (κ3) is 7.30. The second-order valence-corrected chi connectivity index (χ2v) is 5.47. The Balaban J connectivity index is 0.00000264. The van der Waals surface area contributed by atoms with Gasteiger partial charge in [0.1, 0.15) is 5.82 Å². The Morgan fingerprint density at radius 3 is 2.43 bits per heavy atom. The molecule has 1 aliphatic rings. The van der Waals surface area contributed by atoms with Crippen LogP contribution in [0.25, 0.3) is 0 Å². The van der Waals surface area contributed by atoms with Crippen molar-refractivity contribution in [2.24, 2.45) is 11.7 Å². The maximum absolute atomic E-state index is 12.7. The van der Waals surface area contributed by atoms with E-state index < -0.39 is 6.03 Å². The average molecular weight is 345 g/mol. The Labute approximate surface area is 140 Å². The van der Waals surface area contributed by atoms with Crippen LogP contribution in [0, 0.1) is 11.7 Å². The monoisotopic (exact) mass is 344 g/mol. The lowest BCUT2D eigenvalue weighted by Gasteiger charge is -2.12. The molecule has 1 aromatic carbocycles. The highest BCUT2D eigenvalue weighted by molar-refractivity contribution is 5.85. The Morgan fingerprint density at radius 2 is 1.83 bits per heavy atom. The van der Waals surface area contributed by atoms with Gasteiger partial charge < -0.3 is 21.7 Å². The second-order valence-electron chi connectivity index (χ2n) is 5.47. The molecule has 1 unspecified atom stereocenters. The first-order valence-corrected chi connectivity index (χ1v) is 7.33. The molecule has 0 bridgehead atoms. The number of amides is 3. The summed E-state index contributed by atoms with van der Waals surface area (Å²) in [6.45, 7) is 0.593. The van der Waals surface area contributed by atoms with Crippen molar-refractivity contribution < 1.29 is 14.0 Å². The zero-order chi connectivity index (χ0) is 15.9. The predicted molar refractivity (Wildman–Crippen MR) is 87.6 cm³/mol. The van der Waals surface area contributed by atoms with Crippen molar-refractivity contribution in [1.82, 2.24) is 16.0 Å². The first kappa shape index (κ1) is 19.2. The van der Waals surface area contributed by atoms with E-state index in [9.17, 15) is 14.0 Å². The van der Waals surface area contributed by atoms with Gasteiger partial charge in [-0.05, 0) is 36.5 Å². The molecule has 6 nitrogen and oxygen atoms in total. The van der Waals surface area contributed by atoms with E-state index >= 15 is 0 Å². The first-order chi connectivity index (χ1) is 10.5. The van der Waals surface area contributed by atoms with Crippen molar-refractivity contribution in [3.05, 3.63) is 35.6 Å². The normalized spacial score (nSPS) is 14.3. The number of urea groups is 1. The number of halogens is 2. The summed E-state index contributed by atoms with van der Waals surface area (Å²) in [4.78, 5) is 23.1. The van der Waals surface area contributed by atoms with Crippen LogP contribution < -0.4 is 21.7 Å². The van der Waals surface area contributed by atoms with Crippen molar-refractivity contribution in [2.75, 3.05) is 13.1 Å². The summed E-state index contributed by atoms with van der Waals surface area (Å²) < 4.78 is 12.7. The Morgan fingerprint density at radius 1 is 1.17 bits per heavy atom. The zero-order valence-corrected chi connectivity index (χ0v) is 13.5. The lowest BCUT2D eigenvalue weighted by atomic mass is 10.2. The van der Waals surface area contributed by atoms with Gasteiger partial charge in [0.2, 0.25) is 5.91 Å².